The van der Waals surface area contributed by atoms with Crippen LogP contribution in [0.25, 0.3) is 12.2 Å². The molecule has 0 saturated carbocycles. The molecule has 0 bridgehead atoms. The fourth-order valence-electron chi connectivity index (χ4n) is 3.12. The molecule has 10 heteroatoms. The van der Waals surface area contributed by atoms with Gasteiger partial charge in [0.1, 0.15) is 11.1 Å². The Kier molecular flexibility index (Phi) is 8.04. The van der Waals surface area contributed by atoms with Gasteiger partial charge in [-0.05, 0) is 18.6 Å². The summed E-state index contributed by atoms with van der Waals surface area (Å²) < 4.78 is 2.86. The molecule has 0 unspecified atom stereocenters. The van der Waals surface area contributed by atoms with Gasteiger partial charge in [-0.1, -0.05) is 39.0 Å². The van der Waals surface area contributed by atoms with Crippen molar-refractivity contribution in [2.24, 2.45) is 14.1 Å². The average Bonchev–Trinajstić information content (AvgIpc) is 2.74. The normalized spacial score (nSPS) is 10.7. The summed E-state index contributed by atoms with van der Waals surface area (Å²) in [5.41, 5.74) is -0.760. The molecule has 0 atom stereocenters. The molecule has 2 heterocycles. The number of rotatable bonds is 9. The van der Waals surface area contributed by atoms with E-state index in [2.05, 4.69) is 12.7 Å². The van der Waals surface area contributed by atoms with E-state index >= 15 is 0 Å². The number of hydrogen-bond acceptors (Lipinski definition) is 6. The van der Waals surface area contributed by atoms with Crippen LogP contribution in [0, 0.1) is 0 Å². The Labute approximate surface area is 178 Å². The molecule has 31 heavy (non-hydrogen) atoms. The van der Waals surface area contributed by atoms with Crippen LogP contribution in [0.5, 0.6) is 11.8 Å². The van der Waals surface area contributed by atoms with Gasteiger partial charge in [0.15, 0.2) is 0 Å². The third kappa shape index (κ3) is 5.35. The third-order valence-corrected chi connectivity index (χ3v) is 5.07. The number of aromatic hydroxyl groups is 2. The van der Waals surface area contributed by atoms with Gasteiger partial charge in [-0.3, -0.25) is 28.3 Å². The van der Waals surface area contributed by atoms with Crippen LogP contribution in [-0.4, -0.2) is 28.9 Å². The summed E-state index contributed by atoms with van der Waals surface area (Å²) in [5.74, 6) is -1.10. The lowest BCUT2D eigenvalue weighted by Gasteiger charge is -2.10. The fourth-order valence-corrected chi connectivity index (χ4v) is 3.12. The van der Waals surface area contributed by atoms with Gasteiger partial charge in [0.25, 0.3) is 11.1 Å². The number of unbranched alkanes of at least 4 members (excludes halogenated alkanes) is 5. The van der Waals surface area contributed by atoms with Crippen LogP contribution in [-0.2, 0) is 20.6 Å². The standard InChI is InChI=1S/C21H28N4O6/c1-4-5-6-7-8-9-13-25-19(29)15(18(28)24(3)21(25)31)12-10-11-14-16(26)22-20(30)23(2)17(14)27/h11-12,27-28H,4-9,13H2,1-3H3,(H,22,26,30). The fraction of sp³-hybridized carbons (Fsp3) is 0.476. The van der Waals surface area contributed by atoms with E-state index in [4.69, 9.17) is 0 Å². The minimum Gasteiger partial charge on any atom is -0.494 e. The van der Waals surface area contributed by atoms with E-state index in [1.165, 1.54) is 14.1 Å². The first kappa shape index (κ1) is 23.8. The molecule has 168 valence electrons. The van der Waals surface area contributed by atoms with Crippen LogP contribution in [0.15, 0.2) is 24.9 Å². The number of nitrogens with one attached hydrogen (secondary N) is 1. The van der Waals surface area contributed by atoms with Crippen molar-refractivity contribution >= 4 is 12.2 Å². The molecule has 0 spiro atoms. The van der Waals surface area contributed by atoms with Gasteiger partial charge >= 0.3 is 11.4 Å². The summed E-state index contributed by atoms with van der Waals surface area (Å²) in [6, 6.07) is 0. The maximum atomic E-state index is 12.7. The molecular weight excluding hydrogens is 404 g/mol. The number of hydrogen-bond donors (Lipinski definition) is 3. The highest BCUT2D eigenvalue weighted by Crippen LogP contribution is 2.13. The molecule has 0 fully saturated rings. The molecule has 3 N–H and O–H groups in total. The van der Waals surface area contributed by atoms with Gasteiger partial charge in [0.05, 0.1) is 0 Å². The van der Waals surface area contributed by atoms with E-state index < -0.39 is 34.3 Å². The van der Waals surface area contributed by atoms with Crippen LogP contribution in [0.4, 0.5) is 0 Å². The van der Waals surface area contributed by atoms with Crippen molar-refractivity contribution in [3.8, 4) is 11.8 Å². The van der Waals surface area contributed by atoms with Crippen molar-refractivity contribution in [1.29, 1.82) is 0 Å². The van der Waals surface area contributed by atoms with Crippen molar-refractivity contribution in [2.45, 2.75) is 52.0 Å². The second-order valence-electron chi connectivity index (χ2n) is 7.31. The largest absolute Gasteiger partial charge is 0.494 e. The number of aromatic amines is 1. The number of nitrogens with zero attached hydrogens (tertiary/aromatic N) is 3. The summed E-state index contributed by atoms with van der Waals surface area (Å²) in [7, 11) is 2.62. The van der Waals surface area contributed by atoms with Crippen molar-refractivity contribution in [3.63, 3.8) is 0 Å². The molecule has 2 aromatic heterocycles. The first-order valence-electron chi connectivity index (χ1n) is 10.2. The Bertz CT molecular complexity index is 1240. The lowest BCUT2D eigenvalue weighted by molar-refractivity contribution is 0.402. The highest BCUT2D eigenvalue weighted by molar-refractivity contribution is 5.61. The monoisotopic (exact) mass is 432 g/mol. The van der Waals surface area contributed by atoms with Gasteiger partial charge in [0.2, 0.25) is 11.8 Å². The minimum absolute atomic E-state index is 0.176. The average molecular weight is 432 g/mol. The van der Waals surface area contributed by atoms with E-state index in [1.54, 1.807) is 0 Å². The lowest BCUT2D eigenvalue weighted by Crippen LogP contribution is -2.40. The number of H-pyrrole nitrogens is 1. The van der Waals surface area contributed by atoms with Crippen molar-refractivity contribution in [1.82, 2.24) is 18.7 Å². The molecule has 0 amide bonds. The van der Waals surface area contributed by atoms with Gasteiger partial charge in [0, 0.05) is 20.6 Å². The van der Waals surface area contributed by atoms with Crippen LogP contribution in [0.2, 0.25) is 0 Å². The molecule has 0 aliphatic heterocycles. The maximum Gasteiger partial charge on any atom is 0.333 e. The Hall–Kier alpha value is -3.52. The third-order valence-electron chi connectivity index (χ3n) is 5.07. The molecular formula is C21H28N4O6. The zero-order valence-corrected chi connectivity index (χ0v) is 18.0. The Morgan fingerprint density at radius 1 is 0.871 bits per heavy atom. The summed E-state index contributed by atoms with van der Waals surface area (Å²) in [5, 5.41) is 20.2. The van der Waals surface area contributed by atoms with Crippen LogP contribution in [0.1, 0.15) is 56.6 Å². The highest BCUT2D eigenvalue weighted by atomic mass is 16.3. The quantitative estimate of drug-likeness (QED) is 0.399. The smallest absolute Gasteiger partial charge is 0.333 e. The van der Waals surface area contributed by atoms with Gasteiger partial charge < -0.3 is 10.2 Å². The molecule has 0 aromatic carbocycles. The molecule has 10 nitrogen and oxygen atoms in total. The second kappa shape index (κ2) is 10.5. The zero-order chi connectivity index (χ0) is 23.1. The van der Waals surface area contributed by atoms with Crippen molar-refractivity contribution < 1.29 is 10.2 Å². The molecule has 2 aromatic rings. The Morgan fingerprint density at radius 2 is 1.45 bits per heavy atom. The molecule has 0 aliphatic rings. The first-order chi connectivity index (χ1) is 14.7. The van der Waals surface area contributed by atoms with Crippen LogP contribution < -0.4 is 22.5 Å². The summed E-state index contributed by atoms with van der Waals surface area (Å²) >= 11 is 0. The second-order valence-corrected chi connectivity index (χ2v) is 7.31. The molecule has 0 radical (unpaired) electrons. The molecule has 0 aliphatic carbocycles. The van der Waals surface area contributed by atoms with E-state index in [0.717, 1.165) is 58.0 Å². The van der Waals surface area contributed by atoms with E-state index in [9.17, 15) is 29.4 Å². The Morgan fingerprint density at radius 3 is 2.13 bits per heavy atom. The summed E-state index contributed by atoms with van der Waals surface area (Å²) in [6.45, 7) is 2.35. The predicted molar refractivity (Wildman–Crippen MR) is 117 cm³/mol. The first-order valence-corrected chi connectivity index (χ1v) is 10.2. The van der Waals surface area contributed by atoms with Crippen LogP contribution >= 0.6 is 0 Å². The summed E-state index contributed by atoms with van der Waals surface area (Å²) in [4.78, 5) is 50.5. The van der Waals surface area contributed by atoms with Crippen molar-refractivity contribution in [3.05, 3.63) is 58.5 Å². The highest BCUT2D eigenvalue weighted by Gasteiger charge is 2.14. The van der Waals surface area contributed by atoms with Gasteiger partial charge in [-0.15, -0.1) is 5.73 Å². The topological polar surface area (TPSA) is 139 Å². The van der Waals surface area contributed by atoms with Crippen LogP contribution in [0.3, 0.4) is 0 Å². The van der Waals surface area contributed by atoms with E-state index in [-0.39, 0.29) is 17.7 Å². The van der Waals surface area contributed by atoms with Crippen molar-refractivity contribution in [2.75, 3.05) is 0 Å². The summed E-state index contributed by atoms with van der Waals surface area (Å²) in [6.07, 6.45) is 8.15. The number of aromatic nitrogens is 4. The molecule has 2 rings (SSSR count). The zero-order valence-electron chi connectivity index (χ0n) is 18.0. The van der Waals surface area contributed by atoms with E-state index in [0.29, 0.717) is 6.42 Å². The maximum absolute atomic E-state index is 12.7. The van der Waals surface area contributed by atoms with Gasteiger partial charge in [-0.2, -0.15) is 0 Å². The Balaban J connectivity index is 2.39. The minimum atomic E-state index is -0.827. The lowest BCUT2D eigenvalue weighted by atomic mass is 10.1. The van der Waals surface area contributed by atoms with E-state index in [1.807, 2.05) is 4.98 Å². The molecule has 0 saturated heterocycles. The predicted octanol–water partition coefficient (Wildman–Crippen LogP) is 1.03. The SMILES string of the molecule is CCCCCCCCn1c(=O)c(C=C=Cc2c(O)n(C)c(=O)[nH]c2=O)c(O)n(C)c1=O. The van der Waals surface area contributed by atoms with Gasteiger partial charge in [-0.25, -0.2) is 9.59 Å².